The Hall–Kier alpha value is -3.38. The van der Waals surface area contributed by atoms with E-state index < -0.39 is 9.84 Å². The summed E-state index contributed by atoms with van der Waals surface area (Å²) in [6, 6.07) is 23.6. The molecular weight excluding hydrogens is 422 g/mol. The van der Waals surface area contributed by atoms with E-state index in [0.29, 0.717) is 17.9 Å². The first-order valence-corrected chi connectivity index (χ1v) is 12.3. The van der Waals surface area contributed by atoms with Crippen LogP contribution in [0.5, 0.6) is 5.75 Å². The van der Waals surface area contributed by atoms with E-state index in [1.807, 2.05) is 68.4 Å². The summed E-state index contributed by atoms with van der Waals surface area (Å²) in [5.41, 5.74) is 3.89. The van der Waals surface area contributed by atoms with E-state index >= 15 is 0 Å². The number of amides is 1. The van der Waals surface area contributed by atoms with E-state index in [-0.39, 0.29) is 10.8 Å². The first kappa shape index (κ1) is 23.3. The minimum atomic E-state index is -3.29. The van der Waals surface area contributed by atoms with Crippen LogP contribution in [0.25, 0.3) is 11.1 Å². The highest BCUT2D eigenvalue weighted by molar-refractivity contribution is 7.90. The van der Waals surface area contributed by atoms with Crippen molar-refractivity contribution >= 4 is 32.6 Å². The Morgan fingerprint density at radius 2 is 1.38 bits per heavy atom. The van der Waals surface area contributed by atoms with E-state index in [2.05, 4.69) is 0 Å². The lowest BCUT2D eigenvalue weighted by molar-refractivity contribution is -0.112. The number of sulfone groups is 1. The fourth-order valence-electron chi connectivity index (χ4n) is 3.58. The van der Waals surface area contributed by atoms with Gasteiger partial charge in [-0.05, 0) is 53.1 Å². The molecule has 3 aromatic carbocycles. The molecule has 0 spiro atoms. The van der Waals surface area contributed by atoms with Crippen molar-refractivity contribution < 1.29 is 17.9 Å². The minimum absolute atomic E-state index is 0.0893. The van der Waals surface area contributed by atoms with Crippen molar-refractivity contribution in [3.63, 3.8) is 0 Å². The van der Waals surface area contributed by atoms with Crippen LogP contribution in [-0.2, 0) is 14.6 Å². The zero-order valence-electron chi connectivity index (χ0n) is 18.7. The topological polar surface area (TPSA) is 63.7 Å². The summed E-state index contributed by atoms with van der Waals surface area (Å²) in [5.74, 6) is 0.623. The molecule has 6 heteroatoms. The van der Waals surface area contributed by atoms with Gasteiger partial charge in [-0.1, -0.05) is 56.3 Å². The fourth-order valence-corrected chi connectivity index (χ4v) is 4.21. The van der Waals surface area contributed by atoms with E-state index in [1.165, 1.54) is 6.26 Å². The molecule has 0 bridgehead atoms. The maximum absolute atomic E-state index is 13.4. The summed E-state index contributed by atoms with van der Waals surface area (Å²) in [5, 5.41) is 0. The van der Waals surface area contributed by atoms with Gasteiger partial charge in [-0.25, -0.2) is 8.42 Å². The highest BCUT2D eigenvalue weighted by Gasteiger charge is 2.33. The number of benzene rings is 3. The predicted octanol–water partition coefficient (Wildman–Crippen LogP) is 5.08. The molecule has 0 aliphatic carbocycles. The second-order valence-electron chi connectivity index (χ2n) is 7.11. The molecule has 0 N–H and O–H groups in total. The predicted molar refractivity (Wildman–Crippen MR) is 130 cm³/mol. The maximum atomic E-state index is 13.4. The molecule has 0 atom stereocenters. The SMILES string of the molecule is CC.COc1ccc(C2=C(c3ccc(S(C)(=O)=O)cc3)CN(c3ccccc3)C2=O)cc1. The Kier molecular flexibility index (Phi) is 7.15. The smallest absolute Gasteiger partial charge is 0.259 e. The number of hydrogen-bond donors (Lipinski definition) is 0. The van der Waals surface area contributed by atoms with Crippen LogP contribution < -0.4 is 9.64 Å². The van der Waals surface area contributed by atoms with Crippen LogP contribution in [0.1, 0.15) is 25.0 Å². The molecule has 5 nitrogen and oxygen atoms in total. The van der Waals surface area contributed by atoms with Gasteiger partial charge >= 0.3 is 0 Å². The van der Waals surface area contributed by atoms with E-state index in [4.69, 9.17) is 4.74 Å². The van der Waals surface area contributed by atoms with Crippen LogP contribution in [0.15, 0.2) is 83.8 Å². The molecule has 3 aromatic rings. The van der Waals surface area contributed by atoms with Crippen LogP contribution in [0.4, 0.5) is 5.69 Å². The highest BCUT2D eigenvalue weighted by Crippen LogP contribution is 2.37. The van der Waals surface area contributed by atoms with Gasteiger partial charge in [-0.3, -0.25) is 4.79 Å². The first-order chi connectivity index (χ1) is 15.4. The summed E-state index contributed by atoms with van der Waals surface area (Å²) < 4.78 is 28.9. The van der Waals surface area contributed by atoms with Crippen molar-refractivity contribution in [1.82, 2.24) is 0 Å². The molecule has 0 aromatic heterocycles. The number of nitrogens with zero attached hydrogens (tertiary/aromatic N) is 1. The number of ether oxygens (including phenoxy) is 1. The Bertz CT molecular complexity index is 1210. The third-order valence-corrected chi connectivity index (χ3v) is 6.28. The van der Waals surface area contributed by atoms with Gasteiger partial charge < -0.3 is 9.64 Å². The second-order valence-corrected chi connectivity index (χ2v) is 9.12. The molecule has 0 saturated heterocycles. The summed E-state index contributed by atoms with van der Waals surface area (Å²) in [6.07, 6.45) is 1.18. The first-order valence-electron chi connectivity index (χ1n) is 10.4. The number of hydrogen-bond acceptors (Lipinski definition) is 4. The Morgan fingerprint density at radius 3 is 1.91 bits per heavy atom. The molecule has 0 radical (unpaired) electrons. The van der Waals surface area contributed by atoms with Gasteiger partial charge in [0.05, 0.1) is 24.1 Å². The maximum Gasteiger partial charge on any atom is 0.259 e. The number of carbonyl (C=O) groups is 1. The lowest BCUT2D eigenvalue weighted by Crippen LogP contribution is -2.26. The normalized spacial score (nSPS) is 13.6. The van der Waals surface area contributed by atoms with Gasteiger partial charge in [0.1, 0.15) is 5.75 Å². The minimum Gasteiger partial charge on any atom is -0.497 e. The van der Waals surface area contributed by atoms with E-state index in [1.54, 1.807) is 36.3 Å². The highest BCUT2D eigenvalue weighted by atomic mass is 32.2. The quantitative estimate of drug-likeness (QED) is 0.545. The van der Waals surface area contributed by atoms with Crippen LogP contribution >= 0.6 is 0 Å². The molecule has 1 aliphatic heterocycles. The molecule has 1 heterocycles. The molecule has 1 aliphatic rings. The second kappa shape index (κ2) is 9.83. The Balaban J connectivity index is 0.00000141. The van der Waals surface area contributed by atoms with Crippen molar-refractivity contribution in [1.29, 1.82) is 0 Å². The van der Waals surface area contributed by atoms with E-state index in [0.717, 1.165) is 22.4 Å². The van der Waals surface area contributed by atoms with Gasteiger partial charge in [0.15, 0.2) is 9.84 Å². The van der Waals surface area contributed by atoms with E-state index in [9.17, 15) is 13.2 Å². The molecule has 4 rings (SSSR count). The zero-order chi connectivity index (χ0) is 23.3. The van der Waals surface area contributed by atoms with Gasteiger partial charge in [0.2, 0.25) is 0 Å². The lowest BCUT2D eigenvalue weighted by atomic mass is 9.97. The Labute approximate surface area is 189 Å². The summed E-state index contributed by atoms with van der Waals surface area (Å²) in [4.78, 5) is 15.4. The van der Waals surface area contributed by atoms with Gasteiger partial charge in [-0.15, -0.1) is 0 Å². The monoisotopic (exact) mass is 449 g/mol. The van der Waals surface area contributed by atoms with Crippen molar-refractivity contribution in [2.24, 2.45) is 0 Å². The summed E-state index contributed by atoms with van der Waals surface area (Å²) in [6.45, 7) is 4.41. The third-order valence-electron chi connectivity index (χ3n) is 5.15. The lowest BCUT2D eigenvalue weighted by Gasteiger charge is -2.17. The largest absolute Gasteiger partial charge is 0.497 e. The zero-order valence-corrected chi connectivity index (χ0v) is 19.5. The van der Waals surface area contributed by atoms with Gasteiger partial charge in [0, 0.05) is 11.9 Å². The van der Waals surface area contributed by atoms with Crippen molar-refractivity contribution in [3.8, 4) is 5.75 Å². The molecule has 0 unspecified atom stereocenters. The molecule has 0 saturated carbocycles. The molecule has 1 amide bonds. The number of anilines is 1. The van der Waals surface area contributed by atoms with Crippen LogP contribution in [-0.4, -0.2) is 34.2 Å². The Morgan fingerprint density at radius 1 is 0.812 bits per heavy atom. The molecule has 32 heavy (non-hydrogen) atoms. The summed E-state index contributed by atoms with van der Waals surface area (Å²) in [7, 11) is -1.69. The van der Waals surface area contributed by atoms with Crippen LogP contribution in [0.2, 0.25) is 0 Å². The van der Waals surface area contributed by atoms with Crippen LogP contribution in [0, 0.1) is 0 Å². The van der Waals surface area contributed by atoms with Crippen molar-refractivity contribution in [2.45, 2.75) is 18.7 Å². The fraction of sp³-hybridized carbons (Fsp3) is 0.192. The standard InChI is InChI=1S/C24H21NO4S.C2H6/c1-29-20-12-8-18(9-13-20)23-22(17-10-14-21(15-11-17)30(2,27)28)16-25(24(23)26)19-6-4-3-5-7-19;1-2/h3-15H,16H2,1-2H3;1-2H3. The number of carbonyl (C=O) groups excluding carboxylic acids is 1. The van der Waals surface area contributed by atoms with Gasteiger partial charge in [-0.2, -0.15) is 0 Å². The molecule has 0 fully saturated rings. The summed E-state index contributed by atoms with van der Waals surface area (Å²) >= 11 is 0. The molecular formula is C26H27NO4S. The number of para-hydroxylation sites is 1. The average Bonchev–Trinajstić information content (AvgIpc) is 3.17. The number of rotatable bonds is 5. The van der Waals surface area contributed by atoms with Gasteiger partial charge in [0.25, 0.3) is 5.91 Å². The molecule has 166 valence electrons. The average molecular weight is 450 g/mol. The third kappa shape index (κ3) is 4.75. The van der Waals surface area contributed by atoms with Crippen molar-refractivity contribution in [2.75, 3.05) is 24.8 Å². The number of methoxy groups -OCH3 is 1. The van der Waals surface area contributed by atoms with Crippen LogP contribution in [0.3, 0.4) is 0 Å². The van der Waals surface area contributed by atoms with Crippen molar-refractivity contribution in [3.05, 3.63) is 90.0 Å².